The van der Waals surface area contributed by atoms with Crippen LogP contribution in [-0.2, 0) is 20.1 Å². The van der Waals surface area contributed by atoms with Crippen LogP contribution in [0, 0.1) is 0 Å². The van der Waals surface area contributed by atoms with Crippen LogP contribution in [0.2, 0.25) is 0 Å². The van der Waals surface area contributed by atoms with Gasteiger partial charge in [-0.3, -0.25) is 9.59 Å². The molecule has 0 radical (unpaired) electrons. The first-order valence-electron chi connectivity index (χ1n) is 7.36. The van der Waals surface area contributed by atoms with Crippen molar-refractivity contribution < 1.29 is 19.4 Å². The van der Waals surface area contributed by atoms with E-state index in [9.17, 15) is 9.59 Å². The van der Waals surface area contributed by atoms with Gasteiger partial charge in [0.05, 0.1) is 34.5 Å². The van der Waals surface area contributed by atoms with Crippen LogP contribution in [0.5, 0.6) is 0 Å². The first-order chi connectivity index (χ1) is 11.4. The van der Waals surface area contributed by atoms with Gasteiger partial charge in [-0.25, -0.2) is 4.98 Å². The molecule has 0 saturated heterocycles. The smallest absolute Gasteiger partial charge is 0.305 e. The van der Waals surface area contributed by atoms with Gasteiger partial charge in [0.1, 0.15) is 5.01 Å². The Hall–Kier alpha value is -1.64. The van der Waals surface area contributed by atoms with Gasteiger partial charge in [-0.15, -0.1) is 23.1 Å². The maximum atomic E-state index is 12.1. The van der Waals surface area contributed by atoms with Gasteiger partial charge in [0.2, 0.25) is 5.91 Å². The third-order valence-electron chi connectivity index (χ3n) is 3.24. The summed E-state index contributed by atoms with van der Waals surface area (Å²) in [5.74, 6) is -0.291. The minimum atomic E-state index is -0.975. The molecule has 1 unspecified atom stereocenters. The van der Waals surface area contributed by atoms with Gasteiger partial charge in [0, 0.05) is 12.9 Å². The summed E-state index contributed by atoms with van der Waals surface area (Å²) in [4.78, 5) is 27.5. The zero-order valence-corrected chi connectivity index (χ0v) is 15.2. The number of nitrogens with zero attached hydrogens (tertiary/aromatic N) is 1. The largest absolute Gasteiger partial charge is 0.481 e. The number of carboxylic acids is 1. The predicted molar refractivity (Wildman–Crippen MR) is 96.5 cm³/mol. The highest BCUT2D eigenvalue weighted by Crippen LogP contribution is 2.24. The van der Waals surface area contributed by atoms with E-state index in [0.717, 1.165) is 15.2 Å². The van der Waals surface area contributed by atoms with Crippen molar-refractivity contribution in [2.75, 3.05) is 19.5 Å². The Morgan fingerprint density at radius 3 is 2.83 bits per heavy atom. The maximum absolute atomic E-state index is 12.1. The van der Waals surface area contributed by atoms with E-state index in [-0.39, 0.29) is 24.7 Å². The fourth-order valence-corrected chi connectivity index (χ4v) is 4.22. The van der Waals surface area contributed by atoms with Gasteiger partial charge in [-0.1, -0.05) is 12.1 Å². The number of carbonyl (C=O) groups is 2. The van der Waals surface area contributed by atoms with Crippen LogP contribution in [0.15, 0.2) is 24.3 Å². The Labute approximate surface area is 148 Å². The average Bonchev–Trinajstić information content (AvgIpc) is 2.88. The molecule has 1 aromatic carbocycles. The number of thioether (sulfide) groups is 1. The molecule has 1 heterocycles. The summed E-state index contributed by atoms with van der Waals surface area (Å²) in [5, 5.41) is 12.7. The Morgan fingerprint density at radius 2 is 2.17 bits per heavy atom. The number of carboxylic acid groups (broad SMARTS) is 1. The van der Waals surface area contributed by atoms with E-state index in [0.29, 0.717) is 5.75 Å². The van der Waals surface area contributed by atoms with E-state index >= 15 is 0 Å². The lowest BCUT2D eigenvalue weighted by atomic mass is 9.99. The number of rotatable bonds is 9. The van der Waals surface area contributed by atoms with E-state index in [4.69, 9.17) is 9.84 Å². The predicted octanol–water partition coefficient (Wildman–Crippen LogP) is 2.53. The van der Waals surface area contributed by atoms with Gasteiger partial charge in [0.15, 0.2) is 0 Å². The number of amides is 1. The Kier molecular flexibility index (Phi) is 6.59. The number of aliphatic carboxylic acids is 1. The van der Waals surface area contributed by atoms with Gasteiger partial charge < -0.3 is 15.2 Å². The highest BCUT2D eigenvalue weighted by molar-refractivity contribution is 7.99. The van der Waals surface area contributed by atoms with E-state index in [1.54, 1.807) is 18.3 Å². The lowest BCUT2D eigenvalue weighted by molar-refractivity contribution is -0.139. The minimum Gasteiger partial charge on any atom is -0.481 e. The molecule has 8 heteroatoms. The molecule has 24 heavy (non-hydrogen) atoms. The molecule has 2 N–H and O–H groups in total. The van der Waals surface area contributed by atoms with E-state index in [2.05, 4.69) is 10.3 Å². The van der Waals surface area contributed by atoms with Crippen molar-refractivity contribution in [3.05, 3.63) is 29.3 Å². The van der Waals surface area contributed by atoms with E-state index < -0.39 is 11.5 Å². The Morgan fingerprint density at radius 1 is 1.42 bits per heavy atom. The number of para-hydroxylation sites is 1. The van der Waals surface area contributed by atoms with Crippen molar-refractivity contribution >= 4 is 45.2 Å². The monoisotopic (exact) mass is 368 g/mol. The van der Waals surface area contributed by atoms with Crippen LogP contribution < -0.4 is 5.32 Å². The second-order valence-corrected chi connectivity index (χ2v) is 7.78. The maximum Gasteiger partial charge on any atom is 0.305 e. The van der Waals surface area contributed by atoms with Crippen molar-refractivity contribution in [1.82, 2.24) is 10.3 Å². The summed E-state index contributed by atoms with van der Waals surface area (Å²) < 4.78 is 6.15. The molecule has 0 spiro atoms. The molecule has 0 fully saturated rings. The molecule has 0 aliphatic heterocycles. The number of benzene rings is 1. The summed E-state index contributed by atoms with van der Waals surface area (Å²) in [7, 11) is 1.48. The highest BCUT2D eigenvalue weighted by atomic mass is 32.2. The molecule has 0 aliphatic carbocycles. The third-order valence-corrected chi connectivity index (χ3v) is 5.41. The average molecular weight is 368 g/mol. The second kappa shape index (κ2) is 8.46. The zero-order valence-electron chi connectivity index (χ0n) is 13.6. The fraction of sp³-hybridized carbons (Fsp3) is 0.438. The SMILES string of the molecule is COCC(C)(CC(=O)O)NC(=O)CSCc1nc2ccccc2s1. The molecule has 2 rings (SSSR count). The molecule has 0 bridgehead atoms. The fourth-order valence-electron chi connectivity index (χ4n) is 2.37. The van der Waals surface area contributed by atoms with Crippen LogP contribution in [0.1, 0.15) is 18.4 Å². The molecule has 130 valence electrons. The van der Waals surface area contributed by atoms with Crippen molar-refractivity contribution in [2.45, 2.75) is 24.6 Å². The summed E-state index contributed by atoms with van der Waals surface area (Å²) in [6.45, 7) is 1.81. The van der Waals surface area contributed by atoms with Crippen LogP contribution >= 0.6 is 23.1 Å². The topological polar surface area (TPSA) is 88.5 Å². The van der Waals surface area contributed by atoms with Crippen LogP contribution in [0.25, 0.3) is 10.2 Å². The van der Waals surface area contributed by atoms with Gasteiger partial charge in [0.25, 0.3) is 0 Å². The number of hydrogen-bond acceptors (Lipinski definition) is 6. The molecule has 0 saturated carbocycles. The summed E-state index contributed by atoms with van der Waals surface area (Å²) in [6, 6.07) is 7.92. The lowest BCUT2D eigenvalue weighted by Gasteiger charge is -2.28. The van der Waals surface area contributed by atoms with Crippen molar-refractivity contribution in [3.63, 3.8) is 0 Å². The summed E-state index contributed by atoms with van der Waals surface area (Å²) in [6.07, 6.45) is -0.185. The molecule has 1 atom stereocenters. The number of aromatic nitrogens is 1. The van der Waals surface area contributed by atoms with Gasteiger partial charge in [-0.2, -0.15) is 0 Å². The van der Waals surface area contributed by atoms with Crippen LogP contribution in [0.3, 0.4) is 0 Å². The summed E-state index contributed by atoms with van der Waals surface area (Å²) in [5.41, 5.74) is 0.0605. The van der Waals surface area contributed by atoms with Crippen molar-refractivity contribution in [2.24, 2.45) is 0 Å². The van der Waals surface area contributed by atoms with Crippen molar-refractivity contribution in [1.29, 1.82) is 0 Å². The second-order valence-electron chi connectivity index (χ2n) is 5.68. The zero-order chi connectivity index (χ0) is 17.6. The third kappa shape index (κ3) is 5.47. The molecular formula is C16H20N2O4S2. The molecular weight excluding hydrogens is 348 g/mol. The number of carbonyl (C=O) groups excluding carboxylic acids is 1. The Bertz CT molecular complexity index is 686. The quantitative estimate of drug-likeness (QED) is 0.707. The van der Waals surface area contributed by atoms with Crippen molar-refractivity contribution in [3.8, 4) is 0 Å². The molecule has 1 amide bonds. The number of nitrogens with one attached hydrogen (secondary N) is 1. The van der Waals surface area contributed by atoms with E-state index in [1.165, 1.54) is 18.9 Å². The number of methoxy groups -OCH3 is 1. The number of fused-ring (bicyclic) bond motifs is 1. The van der Waals surface area contributed by atoms with Crippen LogP contribution in [0.4, 0.5) is 0 Å². The van der Waals surface area contributed by atoms with Gasteiger partial charge >= 0.3 is 5.97 Å². The molecule has 6 nitrogen and oxygen atoms in total. The first kappa shape index (κ1) is 18.7. The normalized spacial score (nSPS) is 13.6. The Balaban J connectivity index is 1.84. The molecule has 2 aromatic rings. The first-order valence-corrected chi connectivity index (χ1v) is 9.33. The summed E-state index contributed by atoms with van der Waals surface area (Å²) >= 11 is 3.07. The van der Waals surface area contributed by atoms with E-state index in [1.807, 2.05) is 24.3 Å². The van der Waals surface area contributed by atoms with Crippen LogP contribution in [-0.4, -0.2) is 47.0 Å². The van der Waals surface area contributed by atoms with Gasteiger partial charge in [-0.05, 0) is 19.1 Å². The number of hydrogen-bond donors (Lipinski definition) is 2. The molecule has 1 aromatic heterocycles. The standard InChI is InChI=1S/C16H20N2O4S2/c1-16(10-22-2,7-15(20)21)18-13(19)8-23-9-14-17-11-5-3-4-6-12(11)24-14/h3-6H,7-10H2,1-2H3,(H,18,19)(H,20,21). The minimum absolute atomic E-state index is 0.146. The highest BCUT2D eigenvalue weighted by Gasteiger charge is 2.29. The lowest BCUT2D eigenvalue weighted by Crippen LogP contribution is -2.51. The number of ether oxygens (including phenoxy) is 1. The molecule has 0 aliphatic rings. The number of thiazole rings is 1.